The van der Waals surface area contributed by atoms with Crippen LogP contribution in [-0.2, 0) is 9.59 Å². The molecule has 1 aromatic carbocycles. The molecule has 2 rings (SSSR count). The number of rotatable bonds is 7. The summed E-state index contributed by atoms with van der Waals surface area (Å²) < 4.78 is 0. The van der Waals surface area contributed by atoms with Gasteiger partial charge in [0.1, 0.15) is 0 Å². The van der Waals surface area contributed by atoms with E-state index < -0.39 is 0 Å². The fourth-order valence-corrected chi connectivity index (χ4v) is 3.56. The third-order valence-corrected chi connectivity index (χ3v) is 4.97. The minimum absolute atomic E-state index is 0.00159. The maximum absolute atomic E-state index is 12.2. The summed E-state index contributed by atoms with van der Waals surface area (Å²) in [6.07, 6.45) is 7.77. The number of thioether (sulfide) groups is 1. The van der Waals surface area contributed by atoms with Crippen LogP contribution in [-0.4, -0.2) is 49.1 Å². The molecule has 1 aliphatic carbocycles. The lowest BCUT2D eigenvalue weighted by Gasteiger charge is -2.24. The van der Waals surface area contributed by atoms with Gasteiger partial charge in [0.15, 0.2) is 0 Å². The van der Waals surface area contributed by atoms with Crippen molar-refractivity contribution in [1.29, 1.82) is 0 Å². The number of hydrogen-bond donors (Lipinski definition) is 2. The molecule has 1 aromatic rings. The topological polar surface area (TPSA) is 61.4 Å². The second-order valence-corrected chi connectivity index (χ2v) is 7.17. The summed E-state index contributed by atoms with van der Waals surface area (Å²) in [4.78, 5) is 27.0. The lowest BCUT2D eigenvalue weighted by molar-refractivity contribution is -0.123. The number of amides is 2. The Hall–Kier alpha value is -1.53. The Kier molecular flexibility index (Phi) is 7.59. The van der Waals surface area contributed by atoms with Crippen LogP contribution in [0, 0.1) is 0 Å². The molecule has 2 N–H and O–H groups in total. The van der Waals surface area contributed by atoms with Crippen molar-refractivity contribution in [1.82, 2.24) is 10.2 Å². The fourth-order valence-electron chi connectivity index (χ4n) is 3.00. The molecule has 1 aliphatic rings. The highest BCUT2D eigenvalue weighted by atomic mass is 32.2. The summed E-state index contributed by atoms with van der Waals surface area (Å²) in [5, 5.41) is 5.99. The Morgan fingerprint density at radius 1 is 1.12 bits per heavy atom. The van der Waals surface area contributed by atoms with E-state index in [-0.39, 0.29) is 24.9 Å². The molecule has 0 atom stereocenters. The Balaban J connectivity index is 1.75. The van der Waals surface area contributed by atoms with Crippen molar-refractivity contribution < 1.29 is 9.59 Å². The van der Waals surface area contributed by atoms with E-state index in [2.05, 4.69) is 10.6 Å². The number of nitrogens with zero attached hydrogens (tertiary/aromatic N) is 1. The Bertz CT molecular complexity index is 559. The summed E-state index contributed by atoms with van der Waals surface area (Å²) in [7, 11) is 1.79. The van der Waals surface area contributed by atoms with Crippen molar-refractivity contribution in [2.45, 2.75) is 43.0 Å². The maximum atomic E-state index is 12.2. The van der Waals surface area contributed by atoms with Gasteiger partial charge in [0.05, 0.1) is 18.8 Å². The number of likely N-dealkylation sites (N-methyl/N-ethyl adjacent to an activating group) is 1. The van der Waals surface area contributed by atoms with E-state index in [1.807, 2.05) is 30.5 Å². The number of para-hydroxylation sites is 1. The molecule has 6 heteroatoms. The zero-order valence-electron chi connectivity index (χ0n) is 14.5. The normalized spacial score (nSPS) is 15.3. The Morgan fingerprint density at radius 2 is 1.79 bits per heavy atom. The number of nitrogens with one attached hydrogen (secondary N) is 2. The standard InChI is InChI=1S/C18H27N3O2S/c1-21(12-17(22)19-14-8-4-3-5-9-14)13-18(23)20-15-10-6-7-11-16(15)24-2/h6-7,10-11,14H,3-5,8-9,12-13H2,1-2H3,(H,19,22)(H,20,23). The van der Waals surface area contributed by atoms with Crippen LogP contribution in [0.4, 0.5) is 5.69 Å². The van der Waals surface area contributed by atoms with E-state index >= 15 is 0 Å². The lowest BCUT2D eigenvalue weighted by atomic mass is 9.95. The van der Waals surface area contributed by atoms with E-state index in [9.17, 15) is 9.59 Å². The van der Waals surface area contributed by atoms with Crippen molar-refractivity contribution in [2.24, 2.45) is 0 Å². The smallest absolute Gasteiger partial charge is 0.238 e. The highest BCUT2D eigenvalue weighted by molar-refractivity contribution is 7.98. The molecule has 1 saturated carbocycles. The molecule has 0 unspecified atom stereocenters. The van der Waals surface area contributed by atoms with Crippen molar-refractivity contribution in [3.8, 4) is 0 Å². The van der Waals surface area contributed by atoms with Crippen LogP contribution in [0.2, 0.25) is 0 Å². The van der Waals surface area contributed by atoms with Crippen LogP contribution >= 0.6 is 11.8 Å². The molecule has 5 nitrogen and oxygen atoms in total. The van der Waals surface area contributed by atoms with Crippen LogP contribution in [0.1, 0.15) is 32.1 Å². The number of hydrogen-bond acceptors (Lipinski definition) is 4. The summed E-state index contributed by atoms with van der Waals surface area (Å²) in [5.74, 6) is -0.105. The Labute approximate surface area is 148 Å². The first-order valence-corrected chi connectivity index (χ1v) is 9.71. The summed E-state index contributed by atoms with van der Waals surface area (Å²) in [5.41, 5.74) is 0.815. The van der Waals surface area contributed by atoms with Gasteiger partial charge in [0, 0.05) is 10.9 Å². The van der Waals surface area contributed by atoms with Gasteiger partial charge in [-0.05, 0) is 38.3 Å². The van der Waals surface area contributed by atoms with Gasteiger partial charge in [0.25, 0.3) is 0 Å². The molecular weight excluding hydrogens is 322 g/mol. The van der Waals surface area contributed by atoms with Gasteiger partial charge in [0.2, 0.25) is 11.8 Å². The zero-order chi connectivity index (χ0) is 17.4. The summed E-state index contributed by atoms with van der Waals surface area (Å²) >= 11 is 1.59. The van der Waals surface area contributed by atoms with Gasteiger partial charge in [-0.25, -0.2) is 0 Å². The van der Waals surface area contributed by atoms with E-state index in [0.717, 1.165) is 23.4 Å². The van der Waals surface area contributed by atoms with Crippen LogP contribution in [0.25, 0.3) is 0 Å². The third kappa shape index (κ3) is 6.17. The summed E-state index contributed by atoms with van der Waals surface area (Å²) in [6, 6.07) is 8.02. The van der Waals surface area contributed by atoms with E-state index in [4.69, 9.17) is 0 Å². The van der Waals surface area contributed by atoms with Crippen molar-refractivity contribution in [3.05, 3.63) is 24.3 Å². The number of benzene rings is 1. The molecule has 0 aromatic heterocycles. The maximum Gasteiger partial charge on any atom is 0.238 e. The number of anilines is 1. The second kappa shape index (κ2) is 9.69. The van der Waals surface area contributed by atoms with Crippen LogP contribution in [0.5, 0.6) is 0 Å². The molecule has 1 fully saturated rings. The van der Waals surface area contributed by atoms with Crippen LogP contribution in [0.3, 0.4) is 0 Å². The molecule has 2 amide bonds. The van der Waals surface area contributed by atoms with E-state index in [1.54, 1.807) is 23.7 Å². The van der Waals surface area contributed by atoms with Gasteiger partial charge < -0.3 is 10.6 Å². The van der Waals surface area contributed by atoms with Gasteiger partial charge in [-0.15, -0.1) is 11.8 Å². The van der Waals surface area contributed by atoms with Crippen molar-refractivity contribution in [2.75, 3.05) is 31.7 Å². The first-order valence-electron chi connectivity index (χ1n) is 8.49. The Morgan fingerprint density at radius 3 is 2.50 bits per heavy atom. The lowest BCUT2D eigenvalue weighted by Crippen LogP contribution is -2.43. The predicted octanol–water partition coefficient (Wildman–Crippen LogP) is 2.73. The first kappa shape index (κ1) is 18.8. The van der Waals surface area contributed by atoms with Crippen LogP contribution < -0.4 is 10.6 Å². The molecule has 0 heterocycles. The highest BCUT2D eigenvalue weighted by Gasteiger charge is 2.17. The van der Waals surface area contributed by atoms with Gasteiger partial charge in [-0.2, -0.15) is 0 Å². The number of carbonyl (C=O) groups excluding carboxylic acids is 2. The van der Waals surface area contributed by atoms with Gasteiger partial charge in [-0.3, -0.25) is 14.5 Å². The van der Waals surface area contributed by atoms with E-state index in [0.29, 0.717) is 6.04 Å². The van der Waals surface area contributed by atoms with Crippen molar-refractivity contribution >= 4 is 29.3 Å². The molecule has 132 valence electrons. The minimum atomic E-state index is -0.107. The second-order valence-electron chi connectivity index (χ2n) is 6.32. The molecular formula is C18H27N3O2S. The van der Waals surface area contributed by atoms with Gasteiger partial charge in [-0.1, -0.05) is 31.4 Å². The molecule has 0 bridgehead atoms. The third-order valence-electron chi connectivity index (χ3n) is 4.18. The largest absolute Gasteiger partial charge is 0.352 e. The first-order chi connectivity index (χ1) is 11.6. The molecule has 0 saturated heterocycles. The molecule has 0 spiro atoms. The fraction of sp³-hybridized carbons (Fsp3) is 0.556. The highest BCUT2D eigenvalue weighted by Crippen LogP contribution is 2.24. The quantitative estimate of drug-likeness (QED) is 0.743. The molecule has 24 heavy (non-hydrogen) atoms. The summed E-state index contributed by atoms with van der Waals surface area (Å²) in [6.45, 7) is 0.439. The zero-order valence-corrected chi connectivity index (χ0v) is 15.3. The molecule has 0 radical (unpaired) electrons. The average Bonchev–Trinajstić information content (AvgIpc) is 2.55. The van der Waals surface area contributed by atoms with E-state index in [1.165, 1.54) is 19.3 Å². The average molecular weight is 350 g/mol. The van der Waals surface area contributed by atoms with Crippen molar-refractivity contribution in [3.63, 3.8) is 0 Å². The minimum Gasteiger partial charge on any atom is -0.352 e. The van der Waals surface area contributed by atoms with Gasteiger partial charge >= 0.3 is 0 Å². The van der Waals surface area contributed by atoms with Crippen LogP contribution in [0.15, 0.2) is 29.2 Å². The monoisotopic (exact) mass is 349 g/mol. The predicted molar refractivity (Wildman–Crippen MR) is 99.4 cm³/mol. The SMILES string of the molecule is CSc1ccccc1NC(=O)CN(C)CC(=O)NC1CCCCC1. The molecule has 0 aliphatic heterocycles. The number of carbonyl (C=O) groups is 2.